The molecule has 0 bridgehead atoms. The number of hydrogen-bond donors (Lipinski definition) is 0. The van der Waals surface area contributed by atoms with Crippen molar-refractivity contribution in [3.05, 3.63) is 30.3 Å². The summed E-state index contributed by atoms with van der Waals surface area (Å²) in [4.78, 5) is 11.1. The number of rotatable bonds is 4. The lowest BCUT2D eigenvalue weighted by Gasteiger charge is -2.03. The van der Waals surface area contributed by atoms with Crippen molar-refractivity contribution in [3.8, 4) is 11.4 Å². The molecule has 0 spiro atoms. The van der Waals surface area contributed by atoms with Crippen LogP contribution in [0.15, 0.2) is 35.5 Å². The number of methoxy groups -OCH3 is 1. The van der Waals surface area contributed by atoms with E-state index in [4.69, 9.17) is 0 Å². The van der Waals surface area contributed by atoms with E-state index in [9.17, 15) is 4.79 Å². The first-order valence-electron chi connectivity index (χ1n) is 5.37. The van der Waals surface area contributed by atoms with Crippen molar-refractivity contribution in [1.29, 1.82) is 0 Å². The van der Waals surface area contributed by atoms with Crippen molar-refractivity contribution in [3.63, 3.8) is 0 Å². The Morgan fingerprint density at radius 1 is 1.33 bits per heavy atom. The zero-order valence-electron chi connectivity index (χ0n) is 10.2. The molecule has 94 valence electrons. The van der Waals surface area contributed by atoms with Crippen LogP contribution in [0.25, 0.3) is 11.4 Å². The van der Waals surface area contributed by atoms with Gasteiger partial charge < -0.3 is 9.30 Å². The van der Waals surface area contributed by atoms with Crippen LogP contribution in [0, 0.1) is 0 Å². The van der Waals surface area contributed by atoms with Crippen LogP contribution >= 0.6 is 11.8 Å². The maximum absolute atomic E-state index is 11.1. The Balaban J connectivity index is 2.17. The van der Waals surface area contributed by atoms with E-state index >= 15 is 0 Å². The van der Waals surface area contributed by atoms with E-state index in [-0.39, 0.29) is 11.7 Å². The molecule has 0 N–H and O–H groups in total. The van der Waals surface area contributed by atoms with Crippen LogP contribution < -0.4 is 0 Å². The normalized spacial score (nSPS) is 10.3. The molecule has 0 atom stereocenters. The summed E-state index contributed by atoms with van der Waals surface area (Å²) in [5.41, 5.74) is 0.998. The highest BCUT2D eigenvalue weighted by Gasteiger charge is 2.12. The number of nitrogens with zero attached hydrogens (tertiary/aromatic N) is 3. The average Bonchev–Trinajstić information content (AvgIpc) is 2.78. The molecule has 0 saturated carbocycles. The van der Waals surface area contributed by atoms with Crippen LogP contribution in [0.4, 0.5) is 0 Å². The lowest BCUT2D eigenvalue weighted by molar-refractivity contribution is -0.137. The van der Waals surface area contributed by atoms with Gasteiger partial charge in [-0.15, -0.1) is 10.2 Å². The lowest BCUT2D eigenvalue weighted by atomic mass is 10.2. The van der Waals surface area contributed by atoms with Gasteiger partial charge in [-0.05, 0) is 0 Å². The molecular formula is C12H13N3O2S. The number of ether oxygens (including phenoxy) is 1. The highest BCUT2D eigenvalue weighted by Crippen LogP contribution is 2.22. The van der Waals surface area contributed by atoms with E-state index in [1.165, 1.54) is 18.9 Å². The number of aromatic nitrogens is 3. The van der Waals surface area contributed by atoms with Gasteiger partial charge in [0.15, 0.2) is 11.0 Å². The summed E-state index contributed by atoms with van der Waals surface area (Å²) in [7, 11) is 3.25. The largest absolute Gasteiger partial charge is 0.468 e. The Kier molecular flexibility index (Phi) is 3.99. The maximum atomic E-state index is 11.1. The van der Waals surface area contributed by atoms with Crippen LogP contribution in [0.1, 0.15) is 0 Å². The number of carbonyl (C=O) groups excluding carboxylic acids is 1. The minimum Gasteiger partial charge on any atom is -0.468 e. The van der Waals surface area contributed by atoms with E-state index < -0.39 is 0 Å². The minimum atomic E-state index is -0.274. The van der Waals surface area contributed by atoms with Gasteiger partial charge in [-0.25, -0.2) is 0 Å². The highest BCUT2D eigenvalue weighted by molar-refractivity contribution is 7.99. The van der Waals surface area contributed by atoms with Crippen LogP contribution in [-0.2, 0) is 16.6 Å². The van der Waals surface area contributed by atoms with E-state index in [1.54, 1.807) is 0 Å². The summed E-state index contributed by atoms with van der Waals surface area (Å²) in [5.74, 6) is 0.740. The van der Waals surface area contributed by atoms with Crippen LogP contribution in [-0.4, -0.2) is 33.6 Å². The van der Waals surface area contributed by atoms with Crippen LogP contribution in [0.3, 0.4) is 0 Å². The van der Waals surface area contributed by atoms with Gasteiger partial charge >= 0.3 is 5.97 Å². The Hall–Kier alpha value is -1.82. The molecule has 2 rings (SSSR count). The molecular weight excluding hydrogens is 250 g/mol. The third kappa shape index (κ3) is 2.70. The SMILES string of the molecule is COC(=O)CSc1nnc(-c2ccccc2)n1C. The van der Waals surface area contributed by atoms with Crippen molar-refractivity contribution in [2.75, 3.05) is 12.9 Å². The smallest absolute Gasteiger partial charge is 0.316 e. The first kappa shape index (κ1) is 12.6. The summed E-state index contributed by atoms with van der Waals surface area (Å²) in [5, 5.41) is 8.89. The van der Waals surface area contributed by atoms with Gasteiger partial charge in [0.2, 0.25) is 0 Å². The molecule has 0 aliphatic carbocycles. The summed E-state index contributed by atoms with van der Waals surface area (Å²) in [6, 6.07) is 9.79. The number of thioether (sulfide) groups is 1. The first-order chi connectivity index (χ1) is 8.72. The summed E-state index contributed by atoms with van der Waals surface area (Å²) >= 11 is 1.31. The predicted molar refractivity (Wildman–Crippen MR) is 69.2 cm³/mol. The van der Waals surface area contributed by atoms with Crippen molar-refractivity contribution >= 4 is 17.7 Å². The summed E-state index contributed by atoms with van der Waals surface area (Å²) in [6.07, 6.45) is 0. The maximum Gasteiger partial charge on any atom is 0.316 e. The zero-order valence-corrected chi connectivity index (χ0v) is 11.0. The molecule has 5 nitrogen and oxygen atoms in total. The summed E-state index contributed by atoms with van der Waals surface area (Å²) in [6.45, 7) is 0. The fourth-order valence-corrected chi connectivity index (χ4v) is 2.21. The molecule has 0 aliphatic rings. The third-order valence-electron chi connectivity index (χ3n) is 2.41. The van der Waals surface area contributed by atoms with Gasteiger partial charge in [-0.3, -0.25) is 4.79 Å². The molecule has 0 amide bonds. The van der Waals surface area contributed by atoms with Crippen LogP contribution in [0.2, 0.25) is 0 Å². The van der Waals surface area contributed by atoms with Gasteiger partial charge in [0, 0.05) is 12.6 Å². The fraction of sp³-hybridized carbons (Fsp3) is 0.250. The molecule has 2 aromatic rings. The fourth-order valence-electron chi connectivity index (χ4n) is 1.46. The van der Waals surface area contributed by atoms with E-state index in [1.807, 2.05) is 41.9 Å². The first-order valence-corrected chi connectivity index (χ1v) is 6.35. The van der Waals surface area contributed by atoms with Crippen molar-refractivity contribution in [2.45, 2.75) is 5.16 Å². The Labute approximate surface area is 109 Å². The Morgan fingerprint density at radius 3 is 2.72 bits per heavy atom. The molecule has 1 aromatic carbocycles. The van der Waals surface area contributed by atoms with E-state index in [0.29, 0.717) is 5.16 Å². The molecule has 0 fully saturated rings. The monoisotopic (exact) mass is 263 g/mol. The minimum absolute atomic E-state index is 0.233. The Morgan fingerprint density at radius 2 is 2.06 bits per heavy atom. The molecule has 0 unspecified atom stereocenters. The second-order valence-corrected chi connectivity index (χ2v) is 4.54. The predicted octanol–water partition coefficient (Wildman–Crippen LogP) is 1.75. The molecule has 1 heterocycles. The van der Waals surface area contributed by atoms with E-state index in [2.05, 4.69) is 14.9 Å². The van der Waals surface area contributed by atoms with Gasteiger partial charge in [0.1, 0.15) is 0 Å². The van der Waals surface area contributed by atoms with E-state index in [0.717, 1.165) is 11.4 Å². The molecule has 0 saturated heterocycles. The number of benzene rings is 1. The third-order valence-corrected chi connectivity index (χ3v) is 3.41. The highest BCUT2D eigenvalue weighted by atomic mass is 32.2. The molecule has 6 heteroatoms. The Bertz CT molecular complexity index is 540. The number of hydrogen-bond acceptors (Lipinski definition) is 5. The van der Waals surface area contributed by atoms with Gasteiger partial charge in [0.25, 0.3) is 0 Å². The number of carbonyl (C=O) groups is 1. The molecule has 18 heavy (non-hydrogen) atoms. The lowest BCUT2D eigenvalue weighted by Crippen LogP contribution is -2.04. The van der Waals surface area contributed by atoms with Crippen molar-refractivity contribution in [1.82, 2.24) is 14.8 Å². The van der Waals surface area contributed by atoms with Crippen molar-refractivity contribution < 1.29 is 9.53 Å². The quantitative estimate of drug-likeness (QED) is 0.621. The second-order valence-electron chi connectivity index (χ2n) is 3.60. The average molecular weight is 263 g/mol. The number of esters is 1. The van der Waals surface area contributed by atoms with Crippen LogP contribution in [0.5, 0.6) is 0 Å². The standard InChI is InChI=1S/C12H13N3O2S/c1-15-11(9-6-4-3-5-7-9)13-14-12(15)18-8-10(16)17-2/h3-7H,8H2,1-2H3. The molecule has 1 aromatic heterocycles. The van der Waals surface area contributed by atoms with Gasteiger partial charge in [-0.2, -0.15) is 0 Å². The van der Waals surface area contributed by atoms with Crippen molar-refractivity contribution in [2.24, 2.45) is 7.05 Å². The second kappa shape index (κ2) is 5.68. The van der Waals surface area contributed by atoms with Gasteiger partial charge in [0.05, 0.1) is 12.9 Å². The topological polar surface area (TPSA) is 57.0 Å². The zero-order chi connectivity index (χ0) is 13.0. The molecule has 0 radical (unpaired) electrons. The molecule has 0 aliphatic heterocycles. The van der Waals surface area contributed by atoms with Gasteiger partial charge in [-0.1, -0.05) is 42.1 Å². The summed E-state index contributed by atoms with van der Waals surface area (Å²) < 4.78 is 6.45.